The first-order chi connectivity index (χ1) is 6.82. The SMILES string of the molecule is C=C(Br)CN(C)[C@H]1CCC[C@H]1S(C)(=O)=O. The average molecular weight is 296 g/mol. The zero-order chi connectivity index (χ0) is 11.6. The van der Waals surface area contributed by atoms with E-state index in [4.69, 9.17) is 0 Å². The van der Waals surface area contributed by atoms with Crippen LogP contribution in [0.4, 0.5) is 0 Å². The lowest BCUT2D eigenvalue weighted by Crippen LogP contribution is -2.41. The second-order valence-electron chi connectivity index (χ2n) is 4.30. The maximum atomic E-state index is 11.6. The van der Waals surface area contributed by atoms with E-state index in [-0.39, 0.29) is 11.3 Å². The van der Waals surface area contributed by atoms with E-state index in [9.17, 15) is 8.42 Å². The minimum atomic E-state index is -2.92. The Morgan fingerprint density at radius 2 is 2.13 bits per heavy atom. The van der Waals surface area contributed by atoms with Gasteiger partial charge in [0.1, 0.15) is 0 Å². The molecule has 0 aromatic heterocycles. The third kappa shape index (κ3) is 3.57. The van der Waals surface area contributed by atoms with E-state index < -0.39 is 9.84 Å². The number of hydrogen-bond donors (Lipinski definition) is 0. The van der Waals surface area contributed by atoms with Crippen molar-refractivity contribution in [2.45, 2.75) is 30.6 Å². The quantitative estimate of drug-likeness (QED) is 0.794. The van der Waals surface area contributed by atoms with Crippen LogP contribution in [-0.2, 0) is 9.84 Å². The topological polar surface area (TPSA) is 37.4 Å². The van der Waals surface area contributed by atoms with Gasteiger partial charge in [-0.1, -0.05) is 28.9 Å². The van der Waals surface area contributed by atoms with Crippen LogP contribution in [-0.4, -0.2) is 44.5 Å². The smallest absolute Gasteiger partial charge is 0.151 e. The minimum Gasteiger partial charge on any atom is -0.297 e. The minimum absolute atomic E-state index is 0.147. The molecule has 0 spiro atoms. The van der Waals surface area contributed by atoms with Gasteiger partial charge >= 0.3 is 0 Å². The molecule has 1 saturated carbocycles. The molecular weight excluding hydrogens is 278 g/mol. The van der Waals surface area contributed by atoms with E-state index in [0.29, 0.717) is 6.54 Å². The Labute approximate surface area is 101 Å². The van der Waals surface area contributed by atoms with Crippen molar-refractivity contribution < 1.29 is 8.42 Å². The van der Waals surface area contributed by atoms with Gasteiger partial charge in [-0.25, -0.2) is 8.42 Å². The van der Waals surface area contributed by atoms with Crippen LogP contribution >= 0.6 is 15.9 Å². The molecule has 0 aromatic carbocycles. The Morgan fingerprint density at radius 1 is 1.53 bits per heavy atom. The van der Waals surface area contributed by atoms with Crippen LogP contribution in [0.5, 0.6) is 0 Å². The molecule has 0 unspecified atom stereocenters. The van der Waals surface area contributed by atoms with Crippen LogP contribution in [0.2, 0.25) is 0 Å². The van der Waals surface area contributed by atoms with Crippen LogP contribution < -0.4 is 0 Å². The van der Waals surface area contributed by atoms with Crippen molar-refractivity contribution in [3.8, 4) is 0 Å². The molecule has 88 valence electrons. The molecule has 0 aromatic rings. The van der Waals surface area contributed by atoms with Gasteiger partial charge in [-0.05, 0) is 19.9 Å². The highest BCUT2D eigenvalue weighted by Crippen LogP contribution is 2.29. The Morgan fingerprint density at radius 3 is 2.60 bits per heavy atom. The van der Waals surface area contributed by atoms with Gasteiger partial charge in [0.2, 0.25) is 0 Å². The first-order valence-electron chi connectivity index (χ1n) is 5.04. The fourth-order valence-electron chi connectivity index (χ4n) is 2.30. The summed E-state index contributed by atoms with van der Waals surface area (Å²) in [5.41, 5.74) is 0. The predicted octanol–water partition coefficient (Wildman–Crippen LogP) is 1.79. The first-order valence-corrected chi connectivity index (χ1v) is 7.79. The summed E-state index contributed by atoms with van der Waals surface area (Å²) in [4.78, 5) is 2.08. The van der Waals surface area contributed by atoms with Crippen molar-refractivity contribution in [3.05, 3.63) is 11.1 Å². The second-order valence-corrected chi connectivity index (χ2v) is 7.68. The number of sulfone groups is 1. The third-order valence-corrected chi connectivity index (χ3v) is 4.86. The van der Waals surface area contributed by atoms with Gasteiger partial charge in [0, 0.05) is 23.3 Å². The van der Waals surface area contributed by atoms with Crippen molar-refractivity contribution in [1.29, 1.82) is 0 Å². The number of likely N-dealkylation sites (N-methyl/N-ethyl adjacent to an activating group) is 1. The van der Waals surface area contributed by atoms with E-state index >= 15 is 0 Å². The first kappa shape index (κ1) is 13.2. The zero-order valence-corrected chi connectivity index (χ0v) is 11.6. The van der Waals surface area contributed by atoms with Crippen LogP contribution in [0, 0.1) is 0 Å². The van der Waals surface area contributed by atoms with Crippen molar-refractivity contribution in [2.24, 2.45) is 0 Å². The summed E-state index contributed by atoms with van der Waals surface area (Å²) >= 11 is 3.31. The Hall–Kier alpha value is 0.130. The maximum Gasteiger partial charge on any atom is 0.151 e. The predicted molar refractivity (Wildman–Crippen MR) is 67.0 cm³/mol. The van der Waals surface area contributed by atoms with Gasteiger partial charge in [-0.15, -0.1) is 0 Å². The third-order valence-electron chi connectivity index (χ3n) is 2.95. The molecule has 0 bridgehead atoms. The molecule has 1 fully saturated rings. The van der Waals surface area contributed by atoms with Crippen molar-refractivity contribution in [1.82, 2.24) is 4.90 Å². The largest absolute Gasteiger partial charge is 0.297 e. The van der Waals surface area contributed by atoms with Crippen LogP contribution in [0.1, 0.15) is 19.3 Å². The molecule has 0 radical (unpaired) electrons. The standard InChI is InChI=1S/C10H18BrNO2S/c1-8(11)7-12(2)9-5-4-6-10(9)15(3,13)14/h9-10H,1,4-7H2,2-3H3/t9-,10+/m0/s1. The number of hydrogen-bond acceptors (Lipinski definition) is 3. The van der Waals surface area contributed by atoms with Crippen molar-refractivity contribution in [2.75, 3.05) is 19.8 Å². The summed E-state index contributed by atoms with van der Waals surface area (Å²) in [5, 5.41) is -0.200. The van der Waals surface area contributed by atoms with Gasteiger partial charge in [-0.3, -0.25) is 4.90 Å². The summed E-state index contributed by atoms with van der Waals surface area (Å²) in [6.45, 7) is 4.48. The highest BCUT2D eigenvalue weighted by molar-refractivity contribution is 9.11. The maximum absolute atomic E-state index is 11.6. The molecule has 1 aliphatic carbocycles. The molecule has 5 heteroatoms. The molecular formula is C10H18BrNO2S. The molecule has 0 N–H and O–H groups in total. The van der Waals surface area contributed by atoms with Gasteiger partial charge in [0.25, 0.3) is 0 Å². The lowest BCUT2D eigenvalue weighted by atomic mass is 10.2. The average Bonchev–Trinajstić information content (AvgIpc) is 2.48. The Kier molecular flexibility index (Phi) is 4.38. The molecule has 0 heterocycles. The number of nitrogens with zero attached hydrogens (tertiary/aromatic N) is 1. The van der Waals surface area contributed by atoms with E-state index in [1.54, 1.807) is 0 Å². The lowest BCUT2D eigenvalue weighted by molar-refractivity contribution is 0.271. The summed E-state index contributed by atoms with van der Waals surface area (Å²) in [6.07, 6.45) is 4.10. The van der Waals surface area contributed by atoms with E-state index in [2.05, 4.69) is 27.4 Å². The molecule has 2 atom stereocenters. The molecule has 0 amide bonds. The van der Waals surface area contributed by atoms with Crippen molar-refractivity contribution >= 4 is 25.8 Å². The molecule has 0 aliphatic heterocycles. The molecule has 1 rings (SSSR count). The normalized spacial score (nSPS) is 27.2. The highest BCUT2D eigenvalue weighted by Gasteiger charge is 2.36. The molecule has 15 heavy (non-hydrogen) atoms. The van der Waals surface area contributed by atoms with Crippen LogP contribution in [0.3, 0.4) is 0 Å². The summed E-state index contributed by atoms with van der Waals surface area (Å²) in [7, 11) is -0.960. The zero-order valence-electron chi connectivity index (χ0n) is 9.24. The molecule has 1 aliphatic rings. The summed E-state index contributed by atoms with van der Waals surface area (Å²) < 4.78 is 24.0. The van der Waals surface area contributed by atoms with Gasteiger partial charge in [-0.2, -0.15) is 0 Å². The fraction of sp³-hybridized carbons (Fsp3) is 0.800. The van der Waals surface area contributed by atoms with Crippen molar-refractivity contribution in [3.63, 3.8) is 0 Å². The second kappa shape index (κ2) is 4.97. The van der Waals surface area contributed by atoms with Crippen LogP contribution in [0.15, 0.2) is 11.1 Å². The highest BCUT2D eigenvalue weighted by atomic mass is 79.9. The van der Waals surface area contributed by atoms with Crippen LogP contribution in [0.25, 0.3) is 0 Å². The number of halogens is 1. The summed E-state index contributed by atoms with van der Waals surface area (Å²) in [5.74, 6) is 0. The van der Waals surface area contributed by atoms with E-state index in [1.807, 2.05) is 7.05 Å². The Balaban J connectivity index is 2.72. The summed E-state index contributed by atoms with van der Waals surface area (Å²) in [6, 6.07) is 0.147. The van der Waals surface area contributed by atoms with E-state index in [1.165, 1.54) is 6.26 Å². The monoisotopic (exact) mass is 295 g/mol. The van der Waals surface area contributed by atoms with Gasteiger partial charge in [0.05, 0.1) is 5.25 Å². The van der Waals surface area contributed by atoms with Gasteiger partial charge in [0.15, 0.2) is 9.84 Å². The molecule has 3 nitrogen and oxygen atoms in total. The fourth-order valence-corrected chi connectivity index (χ4v) is 4.20. The molecule has 0 saturated heterocycles. The van der Waals surface area contributed by atoms with Gasteiger partial charge < -0.3 is 0 Å². The van der Waals surface area contributed by atoms with E-state index in [0.717, 1.165) is 23.7 Å². The number of rotatable bonds is 4. The Bertz CT molecular complexity index is 339. The lowest BCUT2D eigenvalue weighted by Gasteiger charge is -2.28.